The highest BCUT2D eigenvalue weighted by Gasteiger charge is 2.55. The maximum atomic E-state index is 13.9. The molecule has 1 aliphatic heterocycles. The molecule has 1 aliphatic rings. The number of H-pyrrole nitrogens is 1. The average Bonchev–Trinajstić information content (AvgIpc) is 3.55. The number of likely N-dealkylation sites (tertiary alicyclic amines) is 1. The van der Waals surface area contributed by atoms with Gasteiger partial charge in [-0.25, -0.2) is 9.59 Å². The molecule has 5 rings (SSSR count). The maximum absolute atomic E-state index is 13.9. The molecule has 1 fully saturated rings. The number of aromatic amines is 1. The molecule has 3 N–H and O–H groups in total. The number of benzene rings is 2. The van der Waals surface area contributed by atoms with Gasteiger partial charge in [0.05, 0.1) is 6.54 Å². The van der Waals surface area contributed by atoms with Gasteiger partial charge in [0.25, 0.3) is 5.91 Å². The predicted octanol–water partition coefficient (Wildman–Crippen LogP) is 3.83. The summed E-state index contributed by atoms with van der Waals surface area (Å²) in [5.41, 5.74) is 7.61. The number of nitrogens with zero attached hydrogens (tertiary/aromatic N) is 3. The monoisotopic (exact) mass is 484 g/mol. The fourth-order valence-electron chi connectivity index (χ4n) is 4.75. The molecule has 2 aromatic carbocycles. The van der Waals surface area contributed by atoms with Crippen LogP contribution in [0.1, 0.15) is 23.2 Å². The number of aromatic nitrogens is 2. The minimum absolute atomic E-state index is 0.204. The molecule has 2 aromatic heterocycles. The standard InChI is InChI=1S/C27H25N5O4/c28-27(35)32(16-4-7-25(32)36-22-11-13-29-14-12-22)24(33)18-31(21-5-2-1-3-6-21)26(34)20-9-8-19-10-15-30-23(19)17-20/h1-3,5-6,8-15,17,25H,4,7,16,18H2,(H2-,28,30,34,35)/p+1/t25?,32-/m1/s1. The van der Waals surface area contributed by atoms with Crippen LogP contribution in [0.25, 0.3) is 10.9 Å². The van der Waals surface area contributed by atoms with Crippen LogP contribution in [0.3, 0.4) is 0 Å². The molecule has 0 radical (unpaired) electrons. The van der Waals surface area contributed by atoms with Gasteiger partial charge in [-0.3, -0.25) is 14.7 Å². The predicted molar refractivity (Wildman–Crippen MR) is 134 cm³/mol. The zero-order chi connectivity index (χ0) is 25.1. The van der Waals surface area contributed by atoms with E-state index in [4.69, 9.17) is 10.5 Å². The van der Waals surface area contributed by atoms with Crippen molar-refractivity contribution in [3.05, 3.63) is 90.9 Å². The van der Waals surface area contributed by atoms with E-state index in [1.165, 1.54) is 4.90 Å². The number of primary amides is 1. The summed E-state index contributed by atoms with van der Waals surface area (Å²) in [6.45, 7) is -0.139. The number of fused-ring (bicyclic) bond motifs is 1. The minimum Gasteiger partial charge on any atom is -0.442 e. The van der Waals surface area contributed by atoms with Crippen molar-refractivity contribution in [2.24, 2.45) is 5.73 Å². The van der Waals surface area contributed by atoms with Crippen molar-refractivity contribution < 1.29 is 23.6 Å². The number of hydrogen-bond acceptors (Lipinski definition) is 5. The first-order valence-electron chi connectivity index (χ1n) is 11.7. The zero-order valence-electron chi connectivity index (χ0n) is 19.5. The molecule has 0 bridgehead atoms. The number of hydrogen-bond donors (Lipinski definition) is 2. The van der Waals surface area contributed by atoms with Crippen molar-refractivity contribution in [3.8, 4) is 5.75 Å². The van der Waals surface area contributed by atoms with E-state index in [-0.39, 0.29) is 19.0 Å². The van der Waals surface area contributed by atoms with Gasteiger partial charge in [0.2, 0.25) is 6.23 Å². The summed E-state index contributed by atoms with van der Waals surface area (Å²) in [6, 6.07) is 18.7. The molecule has 36 heavy (non-hydrogen) atoms. The Balaban J connectivity index is 1.48. The average molecular weight is 485 g/mol. The Hall–Kier alpha value is -4.50. The topological polar surface area (TPSA) is 118 Å². The summed E-state index contributed by atoms with van der Waals surface area (Å²) in [5, 5.41) is 0.972. The molecule has 9 heteroatoms. The zero-order valence-corrected chi connectivity index (χ0v) is 19.5. The highest BCUT2D eigenvalue weighted by Crippen LogP contribution is 2.31. The number of imide groups is 1. The van der Waals surface area contributed by atoms with Gasteiger partial charge in [-0.2, -0.15) is 0 Å². The van der Waals surface area contributed by atoms with Crippen LogP contribution >= 0.6 is 0 Å². The lowest BCUT2D eigenvalue weighted by Gasteiger charge is -2.34. The molecule has 1 unspecified atom stereocenters. The fourth-order valence-corrected chi connectivity index (χ4v) is 4.75. The molecule has 4 amide bonds. The van der Waals surface area contributed by atoms with Gasteiger partial charge in [0.15, 0.2) is 0 Å². The molecule has 3 heterocycles. The summed E-state index contributed by atoms with van der Waals surface area (Å²) in [4.78, 5) is 48.9. The van der Waals surface area contributed by atoms with E-state index in [9.17, 15) is 14.4 Å². The fraction of sp³-hybridized carbons (Fsp3) is 0.185. The number of quaternary nitrogens is 1. The number of para-hydroxylation sites is 1. The van der Waals surface area contributed by atoms with Crippen molar-refractivity contribution >= 4 is 34.4 Å². The van der Waals surface area contributed by atoms with Gasteiger partial charge in [-0.1, -0.05) is 24.3 Å². The van der Waals surface area contributed by atoms with Gasteiger partial charge in [0.1, 0.15) is 12.3 Å². The Morgan fingerprint density at radius 3 is 2.58 bits per heavy atom. The second-order valence-corrected chi connectivity index (χ2v) is 8.73. The van der Waals surface area contributed by atoms with Crippen LogP contribution in [0.2, 0.25) is 0 Å². The summed E-state index contributed by atoms with van der Waals surface area (Å²) >= 11 is 0. The highest BCUT2D eigenvalue weighted by molar-refractivity contribution is 6.10. The second-order valence-electron chi connectivity index (χ2n) is 8.73. The van der Waals surface area contributed by atoms with E-state index in [2.05, 4.69) is 9.97 Å². The number of anilines is 1. The third-order valence-corrected chi connectivity index (χ3v) is 6.62. The molecular weight excluding hydrogens is 458 g/mol. The van der Waals surface area contributed by atoms with E-state index < -0.39 is 22.6 Å². The number of pyridine rings is 1. The molecule has 9 nitrogen and oxygen atoms in total. The minimum atomic E-state index is -0.801. The van der Waals surface area contributed by atoms with Crippen LogP contribution in [-0.4, -0.2) is 51.6 Å². The highest BCUT2D eigenvalue weighted by atomic mass is 16.5. The quantitative estimate of drug-likeness (QED) is 0.403. The second kappa shape index (κ2) is 9.63. The van der Waals surface area contributed by atoms with Crippen LogP contribution in [-0.2, 0) is 4.79 Å². The van der Waals surface area contributed by atoms with Gasteiger partial charge in [-0.15, -0.1) is 4.48 Å². The largest absolute Gasteiger partial charge is 0.442 e. The van der Waals surface area contributed by atoms with E-state index in [0.717, 1.165) is 10.9 Å². The summed E-state index contributed by atoms with van der Waals surface area (Å²) in [6.07, 6.45) is 5.20. The van der Waals surface area contributed by atoms with Crippen molar-refractivity contribution in [2.75, 3.05) is 18.0 Å². The van der Waals surface area contributed by atoms with Crippen LogP contribution in [0.4, 0.5) is 10.5 Å². The molecule has 0 aliphatic carbocycles. The number of carbonyl (C=O) groups excluding carboxylic acids is 3. The van der Waals surface area contributed by atoms with Crippen molar-refractivity contribution in [1.29, 1.82) is 0 Å². The van der Waals surface area contributed by atoms with Crippen LogP contribution in [0.15, 0.2) is 85.3 Å². The number of urea groups is 1. The molecule has 1 saturated heterocycles. The lowest BCUT2D eigenvalue weighted by Crippen LogP contribution is -2.66. The third-order valence-electron chi connectivity index (χ3n) is 6.62. The van der Waals surface area contributed by atoms with Gasteiger partial charge < -0.3 is 15.5 Å². The van der Waals surface area contributed by atoms with Crippen molar-refractivity contribution in [3.63, 3.8) is 0 Å². The Labute approximate surface area is 207 Å². The Morgan fingerprint density at radius 2 is 1.83 bits per heavy atom. The molecule has 0 saturated carbocycles. The first-order valence-corrected chi connectivity index (χ1v) is 11.7. The molecule has 0 spiro atoms. The SMILES string of the molecule is NC(=O)[N@@+]1(C(=O)CN(C(=O)c2ccc3cc[nH]c3c2)c2ccccc2)CCCC1Oc1ccncc1. The third kappa shape index (κ3) is 4.20. The number of nitrogens with two attached hydrogens (primary N) is 1. The summed E-state index contributed by atoms with van der Waals surface area (Å²) in [7, 11) is 0. The normalized spacial score (nSPS) is 19.2. The lowest BCUT2D eigenvalue weighted by atomic mass is 10.1. The number of ether oxygens (including phenoxy) is 1. The summed E-state index contributed by atoms with van der Waals surface area (Å²) < 4.78 is 5.36. The van der Waals surface area contributed by atoms with Crippen LogP contribution in [0.5, 0.6) is 5.75 Å². The number of amides is 4. The first-order chi connectivity index (χ1) is 17.5. The van der Waals surface area contributed by atoms with Gasteiger partial charge in [-0.05, 0) is 47.9 Å². The Kier molecular flexibility index (Phi) is 6.22. The molecule has 182 valence electrons. The van der Waals surface area contributed by atoms with Crippen molar-refractivity contribution in [2.45, 2.75) is 19.1 Å². The number of carbonyl (C=O) groups is 3. The Morgan fingerprint density at radius 1 is 1.06 bits per heavy atom. The van der Waals surface area contributed by atoms with E-state index in [0.29, 0.717) is 29.8 Å². The van der Waals surface area contributed by atoms with E-state index >= 15 is 0 Å². The van der Waals surface area contributed by atoms with Gasteiger partial charge in [0, 0.05) is 48.2 Å². The van der Waals surface area contributed by atoms with Crippen LogP contribution < -0.4 is 15.4 Å². The van der Waals surface area contributed by atoms with Crippen molar-refractivity contribution in [1.82, 2.24) is 9.97 Å². The van der Waals surface area contributed by atoms with Crippen LogP contribution in [0, 0.1) is 0 Å². The number of nitrogens with one attached hydrogen (secondary N) is 1. The lowest BCUT2D eigenvalue weighted by molar-refractivity contribution is -0.806. The molecule has 2 atom stereocenters. The maximum Gasteiger partial charge on any atom is 0.424 e. The molecule has 4 aromatic rings. The van der Waals surface area contributed by atoms with E-state index in [1.807, 2.05) is 18.2 Å². The first kappa shape index (κ1) is 23.3. The smallest absolute Gasteiger partial charge is 0.424 e. The molecular formula is C27H26N5O4+. The van der Waals surface area contributed by atoms with Gasteiger partial charge >= 0.3 is 11.9 Å². The number of rotatable bonds is 6. The Bertz CT molecular complexity index is 1410. The summed E-state index contributed by atoms with van der Waals surface area (Å²) in [5.74, 6) is -0.375. The van der Waals surface area contributed by atoms with E-state index in [1.54, 1.807) is 67.1 Å².